The van der Waals surface area contributed by atoms with Crippen molar-refractivity contribution in [3.05, 3.63) is 0 Å². The van der Waals surface area contributed by atoms with E-state index < -0.39 is 0 Å². The van der Waals surface area contributed by atoms with E-state index in [1.54, 1.807) is 0 Å². The molecule has 1 aliphatic rings. The zero-order valence-corrected chi connectivity index (χ0v) is 12.8. The summed E-state index contributed by atoms with van der Waals surface area (Å²) in [6.45, 7) is 5.89. The lowest BCUT2D eigenvalue weighted by Crippen LogP contribution is -2.40. The van der Waals surface area contributed by atoms with Crippen molar-refractivity contribution < 1.29 is 0 Å². The largest absolute Gasteiger partial charge is 0.314 e. The summed E-state index contributed by atoms with van der Waals surface area (Å²) >= 11 is 0. The number of rotatable bonds is 10. The SMILES string of the molecule is CCCCCCCC(CCCC)C1CCCCN1. The molecule has 1 fully saturated rings. The first kappa shape index (κ1) is 16.0. The van der Waals surface area contributed by atoms with Crippen LogP contribution in [0.15, 0.2) is 0 Å². The van der Waals surface area contributed by atoms with Crippen molar-refractivity contribution in [2.75, 3.05) is 6.54 Å². The third-order valence-electron chi connectivity index (χ3n) is 4.52. The van der Waals surface area contributed by atoms with Gasteiger partial charge in [-0.3, -0.25) is 0 Å². The molecule has 1 heteroatoms. The second-order valence-electron chi connectivity index (χ2n) is 6.16. The Hall–Kier alpha value is -0.0400. The number of piperidine rings is 1. The van der Waals surface area contributed by atoms with Crippen LogP contribution in [-0.2, 0) is 0 Å². The quantitative estimate of drug-likeness (QED) is 0.521. The van der Waals surface area contributed by atoms with Gasteiger partial charge in [0.05, 0.1) is 0 Å². The maximum atomic E-state index is 3.78. The van der Waals surface area contributed by atoms with Crippen LogP contribution in [0, 0.1) is 5.92 Å². The van der Waals surface area contributed by atoms with Crippen LogP contribution in [0.1, 0.15) is 90.9 Å². The number of hydrogen-bond acceptors (Lipinski definition) is 1. The molecule has 2 atom stereocenters. The fourth-order valence-electron chi connectivity index (χ4n) is 3.30. The van der Waals surface area contributed by atoms with E-state index in [0.717, 1.165) is 12.0 Å². The summed E-state index contributed by atoms with van der Waals surface area (Å²) in [6.07, 6.45) is 17.2. The molecule has 1 rings (SSSR count). The van der Waals surface area contributed by atoms with E-state index in [1.807, 2.05) is 0 Å². The van der Waals surface area contributed by atoms with Crippen molar-refractivity contribution in [3.63, 3.8) is 0 Å². The topological polar surface area (TPSA) is 12.0 Å². The average molecular weight is 253 g/mol. The zero-order valence-electron chi connectivity index (χ0n) is 12.8. The molecule has 0 radical (unpaired) electrons. The van der Waals surface area contributed by atoms with Crippen LogP contribution in [0.2, 0.25) is 0 Å². The predicted molar refractivity (Wildman–Crippen MR) is 82.0 cm³/mol. The molecule has 0 amide bonds. The molecule has 0 aliphatic carbocycles. The molecule has 1 heterocycles. The fourth-order valence-corrected chi connectivity index (χ4v) is 3.30. The number of nitrogens with one attached hydrogen (secondary N) is 1. The highest BCUT2D eigenvalue weighted by atomic mass is 14.9. The van der Waals surface area contributed by atoms with E-state index in [4.69, 9.17) is 0 Å². The minimum atomic E-state index is 0.844. The number of hydrogen-bond donors (Lipinski definition) is 1. The second-order valence-corrected chi connectivity index (χ2v) is 6.16. The lowest BCUT2D eigenvalue weighted by Gasteiger charge is -2.31. The predicted octanol–water partition coefficient (Wildman–Crippen LogP) is 5.30. The zero-order chi connectivity index (χ0) is 13.1. The fraction of sp³-hybridized carbons (Fsp3) is 1.00. The van der Waals surface area contributed by atoms with Crippen LogP contribution in [-0.4, -0.2) is 12.6 Å². The molecule has 0 aromatic heterocycles. The van der Waals surface area contributed by atoms with Crippen LogP contribution < -0.4 is 5.32 Å². The lowest BCUT2D eigenvalue weighted by molar-refractivity contribution is 0.257. The molecule has 1 N–H and O–H groups in total. The van der Waals surface area contributed by atoms with Gasteiger partial charge in [-0.25, -0.2) is 0 Å². The van der Waals surface area contributed by atoms with Gasteiger partial charge < -0.3 is 5.32 Å². The smallest absolute Gasteiger partial charge is 0.00953 e. The molecular weight excluding hydrogens is 218 g/mol. The molecule has 0 aromatic carbocycles. The van der Waals surface area contributed by atoms with Gasteiger partial charge in [0.25, 0.3) is 0 Å². The second kappa shape index (κ2) is 10.8. The molecule has 18 heavy (non-hydrogen) atoms. The lowest BCUT2D eigenvalue weighted by atomic mass is 9.84. The first-order valence-electron chi connectivity index (χ1n) is 8.61. The average Bonchev–Trinajstić information content (AvgIpc) is 2.43. The van der Waals surface area contributed by atoms with Crippen LogP contribution in [0.25, 0.3) is 0 Å². The van der Waals surface area contributed by atoms with Gasteiger partial charge in [-0.05, 0) is 38.1 Å². The van der Waals surface area contributed by atoms with Crippen molar-refractivity contribution in [3.8, 4) is 0 Å². The first-order valence-corrected chi connectivity index (χ1v) is 8.61. The molecule has 1 aliphatic heterocycles. The van der Waals surface area contributed by atoms with Gasteiger partial charge >= 0.3 is 0 Å². The molecule has 2 unspecified atom stereocenters. The molecule has 1 nitrogen and oxygen atoms in total. The third-order valence-corrected chi connectivity index (χ3v) is 4.52. The summed E-state index contributed by atoms with van der Waals surface area (Å²) in [5, 5.41) is 3.78. The molecule has 0 aromatic rings. The van der Waals surface area contributed by atoms with E-state index in [-0.39, 0.29) is 0 Å². The normalized spacial score (nSPS) is 22.0. The van der Waals surface area contributed by atoms with Crippen molar-refractivity contribution in [1.29, 1.82) is 0 Å². The summed E-state index contributed by atoms with van der Waals surface area (Å²) < 4.78 is 0. The summed E-state index contributed by atoms with van der Waals surface area (Å²) in [6, 6.07) is 0.844. The number of unbranched alkanes of at least 4 members (excludes halogenated alkanes) is 5. The van der Waals surface area contributed by atoms with Gasteiger partial charge in [-0.1, -0.05) is 65.2 Å². The highest BCUT2D eigenvalue weighted by Gasteiger charge is 2.22. The van der Waals surface area contributed by atoms with Gasteiger partial charge in [0.15, 0.2) is 0 Å². The van der Waals surface area contributed by atoms with E-state index >= 15 is 0 Å². The van der Waals surface area contributed by atoms with Gasteiger partial charge in [-0.15, -0.1) is 0 Å². The maximum absolute atomic E-state index is 3.78. The van der Waals surface area contributed by atoms with Crippen molar-refractivity contribution in [2.24, 2.45) is 5.92 Å². The highest BCUT2D eigenvalue weighted by molar-refractivity contribution is 4.79. The molecular formula is C17H35N. The Bertz CT molecular complexity index is 172. The minimum Gasteiger partial charge on any atom is -0.314 e. The van der Waals surface area contributed by atoms with E-state index in [1.165, 1.54) is 83.6 Å². The summed E-state index contributed by atoms with van der Waals surface area (Å²) in [5.41, 5.74) is 0. The van der Waals surface area contributed by atoms with Crippen LogP contribution in [0.3, 0.4) is 0 Å². The van der Waals surface area contributed by atoms with Gasteiger partial charge in [0, 0.05) is 6.04 Å². The Morgan fingerprint density at radius 3 is 2.28 bits per heavy atom. The molecule has 108 valence electrons. The van der Waals surface area contributed by atoms with Crippen LogP contribution in [0.5, 0.6) is 0 Å². The minimum absolute atomic E-state index is 0.844. The van der Waals surface area contributed by atoms with Gasteiger partial charge in [0.2, 0.25) is 0 Å². The van der Waals surface area contributed by atoms with E-state index in [9.17, 15) is 0 Å². The Morgan fingerprint density at radius 1 is 0.889 bits per heavy atom. The Balaban J connectivity index is 2.21. The van der Waals surface area contributed by atoms with Gasteiger partial charge in [0.1, 0.15) is 0 Å². The molecule has 0 bridgehead atoms. The van der Waals surface area contributed by atoms with Gasteiger partial charge in [-0.2, -0.15) is 0 Å². The molecule has 1 saturated heterocycles. The maximum Gasteiger partial charge on any atom is 0.00953 e. The third kappa shape index (κ3) is 6.78. The van der Waals surface area contributed by atoms with Crippen molar-refractivity contribution in [1.82, 2.24) is 5.32 Å². The summed E-state index contributed by atoms with van der Waals surface area (Å²) in [4.78, 5) is 0. The van der Waals surface area contributed by atoms with E-state index in [2.05, 4.69) is 19.2 Å². The molecule has 0 saturated carbocycles. The molecule has 0 spiro atoms. The van der Waals surface area contributed by atoms with Crippen LogP contribution in [0.4, 0.5) is 0 Å². The Kier molecular flexibility index (Phi) is 9.65. The first-order chi connectivity index (χ1) is 8.88. The Morgan fingerprint density at radius 2 is 1.61 bits per heavy atom. The summed E-state index contributed by atoms with van der Waals surface area (Å²) in [7, 11) is 0. The highest BCUT2D eigenvalue weighted by Crippen LogP contribution is 2.25. The Labute approximate surface area is 115 Å². The van der Waals surface area contributed by atoms with Crippen LogP contribution >= 0.6 is 0 Å². The van der Waals surface area contributed by atoms with E-state index in [0.29, 0.717) is 0 Å². The monoisotopic (exact) mass is 253 g/mol. The van der Waals surface area contributed by atoms with Crippen molar-refractivity contribution >= 4 is 0 Å². The van der Waals surface area contributed by atoms with Crippen molar-refractivity contribution in [2.45, 2.75) is 96.9 Å². The standard InChI is InChI=1S/C17H35N/c1-3-5-7-8-9-13-16(12-6-4-2)17-14-10-11-15-18-17/h16-18H,3-15H2,1-2H3. The summed E-state index contributed by atoms with van der Waals surface area (Å²) in [5.74, 6) is 0.965.